The normalized spacial score (nSPS) is 10.1. The number of hydrogen-bond donors (Lipinski definition) is 0. The molecule has 0 unspecified atom stereocenters. The molecule has 4 nitrogen and oxygen atoms in total. The van der Waals surface area contributed by atoms with E-state index in [9.17, 15) is 0 Å². The molecule has 90 valence electrons. The Morgan fingerprint density at radius 1 is 0.895 bits per heavy atom. The van der Waals surface area contributed by atoms with E-state index in [1.165, 1.54) is 0 Å². The van der Waals surface area contributed by atoms with Gasteiger partial charge in [-0.05, 0) is 12.1 Å². The van der Waals surface area contributed by atoms with Gasteiger partial charge in [-0.25, -0.2) is 4.68 Å². The van der Waals surface area contributed by atoms with Crippen LogP contribution in [-0.4, -0.2) is 14.8 Å². The van der Waals surface area contributed by atoms with Gasteiger partial charge in [-0.3, -0.25) is 0 Å². The number of aromatic nitrogens is 3. The van der Waals surface area contributed by atoms with Crippen LogP contribution in [0.5, 0.6) is 0 Å². The Bertz CT molecular complexity index is 724. The Morgan fingerprint density at radius 2 is 1.53 bits per heavy atom. The van der Waals surface area contributed by atoms with E-state index in [-0.39, 0.29) is 5.82 Å². The molecule has 0 fully saturated rings. The molecular weight excluding hydrogens is 236 g/mol. The minimum atomic E-state index is 0.282. The molecule has 0 atom stereocenters. The first kappa shape index (κ1) is 11.2. The maximum absolute atomic E-state index is 9.17. The Labute approximate surface area is 110 Å². The average molecular weight is 246 g/mol. The van der Waals surface area contributed by atoms with Crippen LogP contribution >= 0.6 is 0 Å². The Hall–Kier alpha value is -2.93. The predicted octanol–water partition coefficient (Wildman–Crippen LogP) is 2.81. The van der Waals surface area contributed by atoms with Crippen LogP contribution in [0.25, 0.3) is 17.1 Å². The number of benzene rings is 2. The molecule has 0 aliphatic rings. The highest BCUT2D eigenvalue weighted by atomic mass is 15.3. The van der Waals surface area contributed by atoms with Gasteiger partial charge < -0.3 is 0 Å². The Balaban J connectivity index is 2.13. The van der Waals surface area contributed by atoms with Crippen LogP contribution in [0.1, 0.15) is 5.82 Å². The molecular formula is C15H10N4. The SMILES string of the molecule is N#Cc1nc(-c2ccccc2)nn1-c1ccccc1. The lowest BCUT2D eigenvalue weighted by atomic mass is 10.2. The molecule has 4 heteroatoms. The van der Waals surface area contributed by atoms with Gasteiger partial charge in [0.2, 0.25) is 5.82 Å². The standard InChI is InChI=1S/C15H10N4/c16-11-14-17-15(12-7-3-1-4-8-12)18-19(14)13-9-5-2-6-10-13/h1-10H. The molecule has 0 saturated carbocycles. The van der Waals surface area contributed by atoms with Crippen LogP contribution < -0.4 is 0 Å². The van der Waals surface area contributed by atoms with Gasteiger partial charge in [-0.2, -0.15) is 10.2 Å². The van der Waals surface area contributed by atoms with E-state index in [4.69, 9.17) is 5.26 Å². The molecule has 0 saturated heterocycles. The van der Waals surface area contributed by atoms with Crippen molar-refractivity contribution in [1.82, 2.24) is 14.8 Å². The van der Waals surface area contributed by atoms with E-state index in [0.717, 1.165) is 11.3 Å². The van der Waals surface area contributed by atoms with Crippen LogP contribution in [0.2, 0.25) is 0 Å². The monoisotopic (exact) mass is 246 g/mol. The van der Waals surface area contributed by atoms with Crippen molar-refractivity contribution < 1.29 is 0 Å². The minimum absolute atomic E-state index is 0.282. The fraction of sp³-hybridized carbons (Fsp3) is 0. The van der Waals surface area contributed by atoms with Crippen molar-refractivity contribution in [2.24, 2.45) is 0 Å². The highest BCUT2D eigenvalue weighted by Crippen LogP contribution is 2.17. The molecule has 0 N–H and O–H groups in total. The average Bonchev–Trinajstić information content (AvgIpc) is 2.93. The second kappa shape index (κ2) is 4.75. The molecule has 1 aromatic heterocycles. The third-order valence-electron chi connectivity index (χ3n) is 2.74. The van der Waals surface area contributed by atoms with Crippen LogP contribution in [-0.2, 0) is 0 Å². The lowest BCUT2D eigenvalue weighted by Gasteiger charge is -1.99. The first-order chi connectivity index (χ1) is 9.38. The molecule has 0 radical (unpaired) electrons. The quantitative estimate of drug-likeness (QED) is 0.698. The smallest absolute Gasteiger partial charge is 0.204 e. The van der Waals surface area contributed by atoms with E-state index in [1.54, 1.807) is 4.68 Å². The van der Waals surface area contributed by atoms with E-state index >= 15 is 0 Å². The molecule has 2 aromatic carbocycles. The van der Waals surface area contributed by atoms with Crippen LogP contribution in [0.15, 0.2) is 60.7 Å². The molecule has 0 amide bonds. The number of nitrogens with zero attached hydrogens (tertiary/aromatic N) is 4. The van der Waals surface area contributed by atoms with Crippen LogP contribution in [0.3, 0.4) is 0 Å². The summed E-state index contributed by atoms with van der Waals surface area (Å²) in [5.41, 5.74) is 1.72. The third-order valence-corrected chi connectivity index (χ3v) is 2.74. The van der Waals surface area contributed by atoms with Crippen molar-refractivity contribution in [2.45, 2.75) is 0 Å². The molecule has 0 bridgehead atoms. The van der Waals surface area contributed by atoms with Crippen molar-refractivity contribution in [1.29, 1.82) is 5.26 Å². The molecule has 0 aliphatic heterocycles. The highest BCUT2D eigenvalue weighted by Gasteiger charge is 2.11. The third kappa shape index (κ3) is 2.09. The summed E-state index contributed by atoms with van der Waals surface area (Å²) in [6.07, 6.45) is 0. The molecule has 3 rings (SSSR count). The second-order valence-corrected chi connectivity index (χ2v) is 3.98. The van der Waals surface area contributed by atoms with Crippen molar-refractivity contribution >= 4 is 0 Å². The lowest BCUT2D eigenvalue weighted by Crippen LogP contribution is -1.99. The number of para-hydroxylation sites is 1. The zero-order valence-electron chi connectivity index (χ0n) is 10.1. The van der Waals surface area contributed by atoms with Gasteiger partial charge in [-0.1, -0.05) is 48.5 Å². The summed E-state index contributed by atoms with van der Waals surface area (Å²) in [4.78, 5) is 4.27. The van der Waals surface area contributed by atoms with E-state index < -0.39 is 0 Å². The number of rotatable bonds is 2. The fourth-order valence-corrected chi connectivity index (χ4v) is 1.84. The zero-order valence-corrected chi connectivity index (χ0v) is 10.1. The minimum Gasteiger partial charge on any atom is -0.204 e. The summed E-state index contributed by atoms with van der Waals surface area (Å²) in [5, 5.41) is 13.6. The number of nitriles is 1. The number of hydrogen-bond acceptors (Lipinski definition) is 3. The van der Waals surface area contributed by atoms with Crippen molar-refractivity contribution in [2.75, 3.05) is 0 Å². The van der Waals surface area contributed by atoms with Gasteiger partial charge in [0.1, 0.15) is 6.07 Å². The fourth-order valence-electron chi connectivity index (χ4n) is 1.84. The van der Waals surface area contributed by atoms with Crippen molar-refractivity contribution in [3.63, 3.8) is 0 Å². The molecule has 3 aromatic rings. The van der Waals surface area contributed by atoms with Gasteiger partial charge in [0.15, 0.2) is 5.82 Å². The van der Waals surface area contributed by atoms with Crippen LogP contribution in [0, 0.1) is 11.3 Å². The van der Waals surface area contributed by atoms with Crippen LogP contribution in [0.4, 0.5) is 0 Å². The van der Waals surface area contributed by atoms with E-state index in [2.05, 4.69) is 16.2 Å². The Morgan fingerprint density at radius 3 is 2.16 bits per heavy atom. The zero-order chi connectivity index (χ0) is 13.1. The van der Waals surface area contributed by atoms with E-state index in [0.29, 0.717) is 5.82 Å². The van der Waals surface area contributed by atoms with Gasteiger partial charge in [0.05, 0.1) is 5.69 Å². The summed E-state index contributed by atoms with van der Waals surface area (Å²) in [7, 11) is 0. The molecule has 0 aliphatic carbocycles. The maximum Gasteiger partial charge on any atom is 0.236 e. The first-order valence-electron chi connectivity index (χ1n) is 5.86. The summed E-state index contributed by atoms with van der Waals surface area (Å²) in [5.74, 6) is 0.839. The summed E-state index contributed by atoms with van der Waals surface area (Å²) < 4.78 is 1.56. The molecule has 1 heterocycles. The second-order valence-electron chi connectivity index (χ2n) is 3.98. The largest absolute Gasteiger partial charge is 0.236 e. The van der Waals surface area contributed by atoms with Gasteiger partial charge >= 0.3 is 0 Å². The summed E-state index contributed by atoms with van der Waals surface area (Å²) >= 11 is 0. The van der Waals surface area contributed by atoms with Gasteiger partial charge in [0, 0.05) is 5.56 Å². The van der Waals surface area contributed by atoms with Gasteiger partial charge in [-0.15, -0.1) is 5.10 Å². The summed E-state index contributed by atoms with van der Waals surface area (Å²) in [6, 6.07) is 21.2. The first-order valence-corrected chi connectivity index (χ1v) is 5.86. The molecule has 19 heavy (non-hydrogen) atoms. The summed E-state index contributed by atoms with van der Waals surface area (Å²) in [6.45, 7) is 0. The Kier molecular flexibility index (Phi) is 2.79. The predicted molar refractivity (Wildman–Crippen MR) is 71.5 cm³/mol. The topological polar surface area (TPSA) is 54.5 Å². The van der Waals surface area contributed by atoms with Gasteiger partial charge in [0.25, 0.3) is 0 Å². The highest BCUT2D eigenvalue weighted by molar-refractivity contribution is 5.55. The lowest BCUT2D eigenvalue weighted by molar-refractivity contribution is 0.865. The van der Waals surface area contributed by atoms with Crippen molar-refractivity contribution in [3.8, 4) is 23.1 Å². The molecule has 0 spiro atoms. The van der Waals surface area contributed by atoms with Crippen molar-refractivity contribution in [3.05, 3.63) is 66.5 Å². The maximum atomic E-state index is 9.17. The van der Waals surface area contributed by atoms with E-state index in [1.807, 2.05) is 60.7 Å².